The summed E-state index contributed by atoms with van der Waals surface area (Å²) < 4.78 is 0. The van der Waals surface area contributed by atoms with Crippen LogP contribution < -0.4 is 0 Å². The predicted octanol–water partition coefficient (Wildman–Crippen LogP) is 6.66. The van der Waals surface area contributed by atoms with Crippen LogP contribution in [0.25, 0.3) is 10.8 Å². The zero-order valence-electron chi connectivity index (χ0n) is 18.4. The third-order valence-corrected chi connectivity index (χ3v) is 5.08. The van der Waals surface area contributed by atoms with E-state index in [0.717, 1.165) is 29.2 Å². The second-order valence-corrected chi connectivity index (χ2v) is 7.38. The van der Waals surface area contributed by atoms with Crippen LogP contribution in [-0.4, -0.2) is 17.3 Å². The highest BCUT2D eigenvalue weighted by molar-refractivity contribution is 6.49. The molecule has 1 heterocycles. The first-order chi connectivity index (χ1) is 15.1. The molecule has 3 aromatic carbocycles. The Kier molecular flexibility index (Phi) is 7.51. The lowest BCUT2D eigenvalue weighted by molar-refractivity contribution is -0.118. The fraction of sp³-hybridized carbons (Fsp3) is 0.250. The second kappa shape index (κ2) is 10.5. The van der Waals surface area contributed by atoms with Gasteiger partial charge in [0.1, 0.15) is 11.5 Å². The SMILES string of the molecule is CC.Cc1cccc(CCCC(=O)CC2=Nc3cccc4cccc(c34)C#CC2=O)c1.[HH].[HH]. The minimum absolute atomic E-state index is 0. The average molecular weight is 414 g/mol. The lowest BCUT2D eigenvalue weighted by atomic mass is 9.99. The van der Waals surface area contributed by atoms with Gasteiger partial charge in [-0.1, -0.05) is 73.9 Å². The number of aryl methyl sites for hydroxylation is 2. The summed E-state index contributed by atoms with van der Waals surface area (Å²) in [5, 5.41) is 1.95. The molecule has 0 aromatic heterocycles. The number of carbonyl (C=O) groups excluding carboxylic acids is 2. The molecule has 1 aliphatic rings. The molecule has 0 amide bonds. The van der Waals surface area contributed by atoms with Gasteiger partial charge in [-0.2, -0.15) is 0 Å². The van der Waals surface area contributed by atoms with Crippen LogP contribution in [0.2, 0.25) is 0 Å². The third kappa shape index (κ3) is 5.55. The van der Waals surface area contributed by atoms with Crippen molar-refractivity contribution in [1.82, 2.24) is 0 Å². The monoisotopic (exact) mass is 413 g/mol. The van der Waals surface area contributed by atoms with Crippen molar-refractivity contribution in [3.05, 3.63) is 77.4 Å². The van der Waals surface area contributed by atoms with Crippen LogP contribution in [0.1, 0.15) is 52.7 Å². The van der Waals surface area contributed by atoms with Crippen molar-refractivity contribution in [2.75, 3.05) is 0 Å². The Morgan fingerprint density at radius 3 is 2.52 bits per heavy atom. The fourth-order valence-corrected chi connectivity index (χ4v) is 3.66. The summed E-state index contributed by atoms with van der Waals surface area (Å²) in [5.74, 6) is 5.27. The van der Waals surface area contributed by atoms with Crippen LogP contribution in [0.3, 0.4) is 0 Å². The van der Waals surface area contributed by atoms with E-state index in [-0.39, 0.29) is 26.6 Å². The van der Waals surface area contributed by atoms with E-state index in [1.165, 1.54) is 11.1 Å². The quantitative estimate of drug-likeness (QED) is 0.424. The average Bonchev–Trinajstić information content (AvgIpc) is 2.77. The molecule has 160 valence electrons. The van der Waals surface area contributed by atoms with E-state index in [1.807, 2.05) is 56.3 Å². The molecule has 0 bridgehead atoms. The van der Waals surface area contributed by atoms with Crippen LogP contribution in [0.15, 0.2) is 65.7 Å². The number of ketones is 2. The predicted molar refractivity (Wildman–Crippen MR) is 132 cm³/mol. The van der Waals surface area contributed by atoms with E-state index in [2.05, 4.69) is 42.0 Å². The van der Waals surface area contributed by atoms with Gasteiger partial charge in [-0.3, -0.25) is 9.59 Å². The molecule has 0 aliphatic carbocycles. The number of Topliss-reactive ketones (excluding diaryl/α,β-unsaturated/α-hetero) is 2. The van der Waals surface area contributed by atoms with Crippen molar-refractivity contribution in [1.29, 1.82) is 0 Å². The first kappa shape index (κ1) is 22.2. The normalized spacial score (nSPS) is 12.0. The van der Waals surface area contributed by atoms with Crippen LogP contribution in [0.4, 0.5) is 5.69 Å². The van der Waals surface area contributed by atoms with Crippen molar-refractivity contribution in [3.63, 3.8) is 0 Å². The Balaban J connectivity index is 0.00000133. The van der Waals surface area contributed by atoms with Gasteiger partial charge in [0, 0.05) is 20.2 Å². The zero-order valence-corrected chi connectivity index (χ0v) is 18.4. The van der Waals surface area contributed by atoms with Gasteiger partial charge in [0.25, 0.3) is 5.78 Å². The molecule has 1 aliphatic heterocycles. The molecule has 0 fully saturated rings. The summed E-state index contributed by atoms with van der Waals surface area (Å²) >= 11 is 0. The molecule has 0 radical (unpaired) electrons. The molecule has 0 saturated carbocycles. The second-order valence-electron chi connectivity index (χ2n) is 7.38. The molecular formula is C28H31NO2. The molecule has 3 heteroatoms. The van der Waals surface area contributed by atoms with Crippen molar-refractivity contribution in [2.45, 2.75) is 46.5 Å². The van der Waals surface area contributed by atoms with Gasteiger partial charge in [-0.15, -0.1) is 0 Å². The maximum absolute atomic E-state index is 12.5. The topological polar surface area (TPSA) is 46.5 Å². The summed E-state index contributed by atoms with van der Waals surface area (Å²) in [7, 11) is 0. The Bertz CT molecular complexity index is 1210. The van der Waals surface area contributed by atoms with Gasteiger partial charge in [-0.25, -0.2) is 4.99 Å². The van der Waals surface area contributed by atoms with Crippen LogP contribution in [0, 0.1) is 18.8 Å². The minimum Gasteiger partial charge on any atom is -0.299 e. The van der Waals surface area contributed by atoms with E-state index < -0.39 is 0 Å². The van der Waals surface area contributed by atoms with Crippen LogP contribution in [-0.2, 0) is 16.0 Å². The summed E-state index contributed by atoms with van der Waals surface area (Å²) in [6.07, 6.45) is 2.06. The highest BCUT2D eigenvalue weighted by Crippen LogP contribution is 2.30. The standard InChI is InChI=1S/C26H21NO2.C2H6.2H2/c1-18-6-2-7-19(16-18)8-3-12-22(28)17-24-25(29)15-14-21-10-4-9-20-11-5-13-23(27-24)26(20)21;1-2;;/h2,4-7,9-11,13,16H,3,8,12,17H2,1H3;1-2H3;2*1H. The van der Waals surface area contributed by atoms with Gasteiger partial charge >= 0.3 is 0 Å². The highest BCUT2D eigenvalue weighted by atomic mass is 16.1. The molecule has 0 unspecified atom stereocenters. The molecule has 0 spiro atoms. The van der Waals surface area contributed by atoms with Crippen LogP contribution >= 0.6 is 0 Å². The van der Waals surface area contributed by atoms with Crippen molar-refractivity contribution >= 4 is 33.7 Å². The molecule has 3 nitrogen and oxygen atoms in total. The minimum atomic E-state index is -0.372. The number of hydrogen-bond donors (Lipinski definition) is 0. The molecule has 0 N–H and O–H groups in total. The Hall–Kier alpha value is -3.51. The number of carbonyl (C=O) groups is 2. The van der Waals surface area contributed by atoms with E-state index in [1.54, 1.807) is 0 Å². The van der Waals surface area contributed by atoms with E-state index in [4.69, 9.17) is 0 Å². The van der Waals surface area contributed by atoms with Gasteiger partial charge in [0.15, 0.2) is 0 Å². The summed E-state index contributed by atoms with van der Waals surface area (Å²) in [6, 6.07) is 19.9. The first-order valence-electron chi connectivity index (χ1n) is 10.8. The highest BCUT2D eigenvalue weighted by Gasteiger charge is 2.17. The van der Waals surface area contributed by atoms with Gasteiger partial charge in [-0.05, 0) is 48.8 Å². The first-order valence-corrected chi connectivity index (χ1v) is 10.8. The number of aliphatic imine (C=N–C) groups is 1. The Morgan fingerprint density at radius 2 is 1.74 bits per heavy atom. The molecule has 4 rings (SSSR count). The number of nitrogens with zero attached hydrogens (tertiary/aromatic N) is 1. The molecule has 0 atom stereocenters. The van der Waals surface area contributed by atoms with E-state index >= 15 is 0 Å². The summed E-state index contributed by atoms with van der Waals surface area (Å²) in [4.78, 5) is 29.6. The fourth-order valence-electron chi connectivity index (χ4n) is 3.66. The van der Waals surface area contributed by atoms with Crippen molar-refractivity contribution in [3.8, 4) is 11.8 Å². The Labute approximate surface area is 187 Å². The van der Waals surface area contributed by atoms with Crippen LogP contribution in [0.5, 0.6) is 0 Å². The smallest absolute Gasteiger partial charge is 0.250 e. The maximum atomic E-state index is 12.5. The molecule has 3 aromatic rings. The van der Waals surface area contributed by atoms with Gasteiger partial charge < -0.3 is 0 Å². The largest absolute Gasteiger partial charge is 0.299 e. The molecule has 0 saturated heterocycles. The Morgan fingerprint density at radius 1 is 1.00 bits per heavy atom. The summed E-state index contributed by atoms with van der Waals surface area (Å²) in [6.45, 7) is 6.06. The van der Waals surface area contributed by atoms with E-state index in [9.17, 15) is 9.59 Å². The third-order valence-electron chi connectivity index (χ3n) is 5.08. The van der Waals surface area contributed by atoms with Gasteiger partial charge in [0.05, 0.1) is 12.1 Å². The number of hydrogen-bond acceptors (Lipinski definition) is 3. The van der Waals surface area contributed by atoms with Crippen molar-refractivity contribution < 1.29 is 12.4 Å². The lowest BCUT2D eigenvalue weighted by Crippen LogP contribution is -2.17. The number of rotatable bonds is 6. The van der Waals surface area contributed by atoms with Gasteiger partial charge in [0.2, 0.25) is 0 Å². The summed E-state index contributed by atoms with van der Waals surface area (Å²) in [5.41, 5.74) is 4.17. The van der Waals surface area contributed by atoms with E-state index in [0.29, 0.717) is 12.1 Å². The number of benzene rings is 3. The van der Waals surface area contributed by atoms with Crippen molar-refractivity contribution in [2.24, 2.45) is 4.99 Å². The molecular weight excluding hydrogens is 382 g/mol. The maximum Gasteiger partial charge on any atom is 0.250 e. The lowest BCUT2D eigenvalue weighted by Gasteiger charge is -2.09. The molecule has 31 heavy (non-hydrogen) atoms. The zero-order chi connectivity index (χ0) is 22.2.